The van der Waals surface area contributed by atoms with Crippen molar-refractivity contribution < 1.29 is 19.1 Å². The molecular formula is C19H29N5O4. The topological polar surface area (TPSA) is 106 Å². The number of methoxy groups -OCH3 is 1. The van der Waals surface area contributed by atoms with E-state index in [1.165, 1.54) is 13.2 Å². The van der Waals surface area contributed by atoms with E-state index in [1.54, 1.807) is 11.6 Å². The third-order valence-electron chi connectivity index (χ3n) is 5.54. The SMILES string of the molecule is COC(=O)[C@@H](C)CNC(=O)c1cc2n(n1)CCN(CCC1CCNCC1)C2=O. The van der Waals surface area contributed by atoms with Crippen LogP contribution in [0.5, 0.6) is 0 Å². The summed E-state index contributed by atoms with van der Waals surface area (Å²) in [5.41, 5.74) is 0.642. The van der Waals surface area contributed by atoms with Crippen LogP contribution in [0, 0.1) is 11.8 Å². The van der Waals surface area contributed by atoms with Crippen LogP contribution >= 0.6 is 0 Å². The largest absolute Gasteiger partial charge is 0.469 e. The fraction of sp³-hybridized carbons (Fsp3) is 0.684. The second kappa shape index (κ2) is 9.18. The molecule has 2 N–H and O–H groups in total. The maximum atomic E-state index is 12.8. The number of hydrogen-bond acceptors (Lipinski definition) is 6. The van der Waals surface area contributed by atoms with Gasteiger partial charge in [-0.25, -0.2) is 0 Å². The highest BCUT2D eigenvalue weighted by Gasteiger charge is 2.28. The van der Waals surface area contributed by atoms with Gasteiger partial charge in [-0.1, -0.05) is 6.92 Å². The molecule has 154 valence electrons. The van der Waals surface area contributed by atoms with E-state index in [9.17, 15) is 14.4 Å². The minimum absolute atomic E-state index is 0.0744. The first-order valence-corrected chi connectivity index (χ1v) is 9.93. The molecule has 28 heavy (non-hydrogen) atoms. The summed E-state index contributed by atoms with van der Waals surface area (Å²) < 4.78 is 6.24. The molecule has 0 aromatic carbocycles. The van der Waals surface area contributed by atoms with Gasteiger partial charge < -0.3 is 20.3 Å². The van der Waals surface area contributed by atoms with Gasteiger partial charge >= 0.3 is 5.97 Å². The lowest BCUT2D eigenvalue weighted by Gasteiger charge is -2.30. The second-order valence-electron chi connectivity index (χ2n) is 7.55. The third kappa shape index (κ3) is 4.70. The second-order valence-corrected chi connectivity index (χ2v) is 7.55. The van der Waals surface area contributed by atoms with Gasteiger partial charge in [-0.3, -0.25) is 19.1 Å². The summed E-state index contributed by atoms with van der Waals surface area (Å²) in [5.74, 6) is -0.636. The first-order valence-electron chi connectivity index (χ1n) is 9.93. The molecule has 0 unspecified atom stereocenters. The standard InChI is InChI=1S/C19H29N5O4/c1-13(19(27)28-2)12-21-17(25)15-11-16-18(26)23(9-10-24(16)22-15)8-5-14-3-6-20-7-4-14/h11,13-14,20H,3-10,12H2,1-2H3,(H,21,25)/t13-/m0/s1. The van der Waals surface area contributed by atoms with Crippen LogP contribution in [-0.4, -0.2) is 72.3 Å². The Morgan fingerprint density at radius 3 is 2.82 bits per heavy atom. The Kier molecular flexibility index (Phi) is 6.66. The summed E-state index contributed by atoms with van der Waals surface area (Å²) in [6.07, 6.45) is 3.34. The quantitative estimate of drug-likeness (QED) is 0.647. The Hall–Kier alpha value is -2.42. The molecule has 0 saturated carbocycles. The molecule has 9 nitrogen and oxygen atoms in total. The Balaban J connectivity index is 1.56. The average molecular weight is 391 g/mol. The molecule has 3 heterocycles. The summed E-state index contributed by atoms with van der Waals surface area (Å²) in [5, 5.41) is 10.3. The van der Waals surface area contributed by atoms with Crippen molar-refractivity contribution in [1.82, 2.24) is 25.3 Å². The van der Waals surface area contributed by atoms with Crippen LogP contribution in [0.15, 0.2) is 6.07 Å². The lowest BCUT2D eigenvalue weighted by molar-refractivity contribution is -0.144. The fourth-order valence-electron chi connectivity index (χ4n) is 3.69. The lowest BCUT2D eigenvalue weighted by atomic mass is 9.94. The molecule has 2 amide bonds. The van der Waals surface area contributed by atoms with Gasteiger partial charge in [0, 0.05) is 25.7 Å². The number of carbonyl (C=O) groups excluding carboxylic acids is 3. The van der Waals surface area contributed by atoms with Crippen molar-refractivity contribution in [3.8, 4) is 0 Å². The maximum absolute atomic E-state index is 12.8. The molecule has 0 bridgehead atoms. The molecule has 0 aliphatic carbocycles. The molecule has 1 fully saturated rings. The molecule has 1 saturated heterocycles. The minimum Gasteiger partial charge on any atom is -0.469 e. The summed E-state index contributed by atoms with van der Waals surface area (Å²) >= 11 is 0. The molecule has 9 heteroatoms. The Morgan fingerprint density at radius 2 is 2.11 bits per heavy atom. The van der Waals surface area contributed by atoms with Crippen molar-refractivity contribution in [3.63, 3.8) is 0 Å². The van der Waals surface area contributed by atoms with Crippen molar-refractivity contribution in [2.45, 2.75) is 32.7 Å². The fourth-order valence-corrected chi connectivity index (χ4v) is 3.69. The monoisotopic (exact) mass is 391 g/mol. The number of piperidine rings is 1. The predicted molar refractivity (Wildman–Crippen MR) is 102 cm³/mol. The number of esters is 1. The third-order valence-corrected chi connectivity index (χ3v) is 5.54. The minimum atomic E-state index is -0.446. The van der Waals surface area contributed by atoms with Gasteiger partial charge in [0.15, 0.2) is 5.69 Å². The first-order chi connectivity index (χ1) is 13.5. The smallest absolute Gasteiger partial charge is 0.310 e. The van der Waals surface area contributed by atoms with Crippen molar-refractivity contribution in [3.05, 3.63) is 17.5 Å². The molecular weight excluding hydrogens is 362 g/mol. The lowest BCUT2D eigenvalue weighted by Crippen LogP contribution is -2.41. The summed E-state index contributed by atoms with van der Waals surface area (Å²) in [7, 11) is 1.31. The zero-order valence-corrected chi connectivity index (χ0v) is 16.6. The normalized spacial score (nSPS) is 18.5. The number of nitrogens with zero attached hydrogens (tertiary/aromatic N) is 3. The van der Waals surface area contributed by atoms with Crippen LogP contribution in [0.1, 0.15) is 47.2 Å². The van der Waals surface area contributed by atoms with E-state index in [-0.39, 0.29) is 24.1 Å². The summed E-state index contributed by atoms with van der Waals surface area (Å²) in [6, 6.07) is 1.54. The van der Waals surface area contributed by atoms with Crippen LogP contribution in [0.4, 0.5) is 0 Å². The van der Waals surface area contributed by atoms with Gasteiger partial charge in [0.2, 0.25) is 0 Å². The highest BCUT2D eigenvalue weighted by atomic mass is 16.5. The van der Waals surface area contributed by atoms with Crippen molar-refractivity contribution in [1.29, 1.82) is 0 Å². The summed E-state index contributed by atoms with van der Waals surface area (Å²) in [4.78, 5) is 38.4. The molecule has 1 atom stereocenters. The van der Waals surface area contributed by atoms with Crippen LogP contribution in [0.25, 0.3) is 0 Å². The molecule has 0 spiro atoms. The number of rotatable bonds is 7. The highest BCUT2D eigenvalue weighted by Crippen LogP contribution is 2.19. The van der Waals surface area contributed by atoms with Crippen LogP contribution in [0.2, 0.25) is 0 Å². The van der Waals surface area contributed by atoms with Gasteiger partial charge in [-0.2, -0.15) is 5.10 Å². The van der Waals surface area contributed by atoms with Gasteiger partial charge in [0.05, 0.1) is 19.6 Å². The molecule has 2 aliphatic rings. The van der Waals surface area contributed by atoms with E-state index >= 15 is 0 Å². The van der Waals surface area contributed by atoms with Crippen LogP contribution in [0.3, 0.4) is 0 Å². The summed E-state index contributed by atoms with van der Waals surface area (Å²) in [6.45, 7) is 5.87. The number of hydrogen-bond donors (Lipinski definition) is 2. The molecule has 3 rings (SSSR count). The number of amides is 2. The zero-order chi connectivity index (χ0) is 20.1. The molecule has 1 aromatic rings. The van der Waals surface area contributed by atoms with E-state index in [1.807, 2.05) is 4.90 Å². The van der Waals surface area contributed by atoms with Gasteiger partial charge in [-0.05, 0) is 38.3 Å². The Labute approximate surface area is 164 Å². The molecule has 1 aromatic heterocycles. The maximum Gasteiger partial charge on any atom is 0.310 e. The Bertz CT molecular complexity index is 726. The van der Waals surface area contributed by atoms with E-state index in [4.69, 9.17) is 0 Å². The van der Waals surface area contributed by atoms with Crippen LogP contribution < -0.4 is 10.6 Å². The number of fused-ring (bicyclic) bond motifs is 1. The van der Waals surface area contributed by atoms with Gasteiger partial charge in [-0.15, -0.1) is 0 Å². The van der Waals surface area contributed by atoms with E-state index in [0.29, 0.717) is 24.7 Å². The first kappa shape index (κ1) is 20.3. The average Bonchev–Trinajstić information content (AvgIpc) is 3.16. The van der Waals surface area contributed by atoms with Gasteiger partial charge in [0.1, 0.15) is 5.69 Å². The van der Waals surface area contributed by atoms with E-state index < -0.39 is 11.8 Å². The van der Waals surface area contributed by atoms with Crippen LogP contribution in [-0.2, 0) is 16.1 Å². The van der Waals surface area contributed by atoms with E-state index in [2.05, 4.69) is 20.5 Å². The zero-order valence-electron chi connectivity index (χ0n) is 16.6. The number of ether oxygens (including phenoxy) is 1. The van der Waals surface area contributed by atoms with Crippen molar-refractivity contribution >= 4 is 17.8 Å². The number of nitrogens with one attached hydrogen (secondary N) is 2. The highest BCUT2D eigenvalue weighted by molar-refractivity contribution is 5.98. The predicted octanol–water partition coefficient (Wildman–Crippen LogP) is 0.268. The number of aromatic nitrogens is 2. The van der Waals surface area contributed by atoms with E-state index in [0.717, 1.165) is 38.9 Å². The number of carbonyl (C=O) groups is 3. The van der Waals surface area contributed by atoms with Crippen molar-refractivity contribution in [2.75, 3.05) is 39.8 Å². The molecule has 0 radical (unpaired) electrons. The Morgan fingerprint density at radius 1 is 1.36 bits per heavy atom. The van der Waals surface area contributed by atoms with Crippen molar-refractivity contribution in [2.24, 2.45) is 11.8 Å². The van der Waals surface area contributed by atoms with Gasteiger partial charge in [0.25, 0.3) is 11.8 Å². The molecule has 2 aliphatic heterocycles.